The summed E-state index contributed by atoms with van der Waals surface area (Å²) in [6.07, 6.45) is 2.02. The van der Waals surface area contributed by atoms with Crippen molar-refractivity contribution in [3.8, 4) is 5.69 Å². The number of hydrogen-bond donors (Lipinski definition) is 1. The number of amides is 1. The molecule has 0 saturated carbocycles. The third kappa shape index (κ3) is 3.26. The molecule has 0 atom stereocenters. The predicted octanol–water partition coefficient (Wildman–Crippen LogP) is 3.84. The molecule has 7 heteroatoms. The van der Waals surface area contributed by atoms with E-state index in [1.54, 1.807) is 12.1 Å². The number of rotatable bonds is 4. The summed E-state index contributed by atoms with van der Waals surface area (Å²) >= 11 is 3.34. The van der Waals surface area contributed by atoms with Gasteiger partial charge in [-0.3, -0.25) is 9.59 Å². The maximum atomic E-state index is 12.9. The molecule has 1 aromatic heterocycles. The molecule has 1 heterocycles. The maximum absolute atomic E-state index is 12.9. The van der Waals surface area contributed by atoms with Crippen molar-refractivity contribution in [3.63, 3.8) is 0 Å². The number of carbonyl (C=O) groups excluding carboxylic acids is 2. The zero-order valence-corrected chi connectivity index (χ0v) is 13.8. The van der Waals surface area contributed by atoms with Crippen molar-refractivity contribution < 1.29 is 14.0 Å². The van der Waals surface area contributed by atoms with Gasteiger partial charge in [0.1, 0.15) is 11.5 Å². The fourth-order valence-corrected chi connectivity index (χ4v) is 2.42. The van der Waals surface area contributed by atoms with Crippen molar-refractivity contribution in [1.82, 2.24) is 9.78 Å². The van der Waals surface area contributed by atoms with Gasteiger partial charge >= 0.3 is 0 Å². The number of nitrogens with zero attached hydrogens (tertiary/aromatic N) is 2. The first kappa shape index (κ1) is 16.1. The molecule has 0 fully saturated rings. The SMILES string of the molecule is O=Cc1c(NC(=O)c2ccc(F)cc2)cnn1-c1ccc(Br)cc1. The highest BCUT2D eigenvalue weighted by Crippen LogP contribution is 2.20. The molecule has 0 saturated heterocycles. The van der Waals surface area contributed by atoms with Gasteiger partial charge in [-0.15, -0.1) is 0 Å². The van der Waals surface area contributed by atoms with Gasteiger partial charge in [0.05, 0.1) is 17.6 Å². The molecule has 0 unspecified atom stereocenters. The zero-order valence-electron chi connectivity index (χ0n) is 12.2. The first-order valence-corrected chi connectivity index (χ1v) is 7.74. The van der Waals surface area contributed by atoms with Crippen LogP contribution in [-0.2, 0) is 0 Å². The minimum absolute atomic E-state index is 0.216. The molecular formula is C17H11BrFN3O2. The predicted molar refractivity (Wildman–Crippen MR) is 91.0 cm³/mol. The number of aldehydes is 1. The molecule has 0 bridgehead atoms. The van der Waals surface area contributed by atoms with Gasteiger partial charge in [0.2, 0.25) is 0 Å². The first-order valence-electron chi connectivity index (χ1n) is 6.94. The number of halogens is 2. The smallest absolute Gasteiger partial charge is 0.255 e. The van der Waals surface area contributed by atoms with Crippen LogP contribution in [0.1, 0.15) is 20.8 Å². The Morgan fingerprint density at radius 1 is 1.12 bits per heavy atom. The van der Waals surface area contributed by atoms with E-state index in [1.807, 2.05) is 12.1 Å². The largest absolute Gasteiger partial charge is 0.319 e. The van der Waals surface area contributed by atoms with E-state index in [2.05, 4.69) is 26.3 Å². The minimum Gasteiger partial charge on any atom is -0.319 e. The molecule has 0 radical (unpaired) electrons. The van der Waals surface area contributed by atoms with Crippen molar-refractivity contribution >= 4 is 33.8 Å². The summed E-state index contributed by atoms with van der Waals surface area (Å²) in [6.45, 7) is 0. The lowest BCUT2D eigenvalue weighted by Crippen LogP contribution is -2.13. The standard InChI is InChI=1S/C17H11BrFN3O2/c18-12-3-7-14(8-4-12)22-16(10-23)15(9-20-22)21-17(24)11-1-5-13(19)6-2-11/h1-10H,(H,21,24). The van der Waals surface area contributed by atoms with E-state index in [9.17, 15) is 14.0 Å². The van der Waals surface area contributed by atoms with Crippen LogP contribution in [-0.4, -0.2) is 22.0 Å². The molecule has 2 aromatic carbocycles. The van der Waals surface area contributed by atoms with Gasteiger partial charge in [0.15, 0.2) is 6.29 Å². The Labute approximate surface area is 145 Å². The van der Waals surface area contributed by atoms with Crippen LogP contribution in [0.15, 0.2) is 59.2 Å². The van der Waals surface area contributed by atoms with E-state index in [0.29, 0.717) is 12.0 Å². The Morgan fingerprint density at radius 2 is 1.79 bits per heavy atom. The molecule has 0 aliphatic rings. The van der Waals surface area contributed by atoms with Crippen molar-refractivity contribution in [2.45, 2.75) is 0 Å². The highest BCUT2D eigenvalue weighted by molar-refractivity contribution is 9.10. The number of hydrogen-bond acceptors (Lipinski definition) is 3. The molecule has 1 amide bonds. The van der Waals surface area contributed by atoms with Gasteiger partial charge in [0.25, 0.3) is 5.91 Å². The van der Waals surface area contributed by atoms with E-state index in [-0.39, 0.29) is 16.9 Å². The van der Waals surface area contributed by atoms with Crippen LogP contribution < -0.4 is 5.32 Å². The Bertz CT molecular complexity index is 889. The molecule has 1 N–H and O–H groups in total. The van der Waals surface area contributed by atoms with Crippen LogP contribution in [0.25, 0.3) is 5.69 Å². The normalized spacial score (nSPS) is 10.4. The van der Waals surface area contributed by atoms with Crippen LogP contribution in [0.4, 0.5) is 10.1 Å². The van der Waals surface area contributed by atoms with Crippen LogP contribution in [0, 0.1) is 5.82 Å². The third-order valence-electron chi connectivity index (χ3n) is 3.34. The number of aromatic nitrogens is 2. The first-order chi connectivity index (χ1) is 11.6. The highest BCUT2D eigenvalue weighted by atomic mass is 79.9. The van der Waals surface area contributed by atoms with Gasteiger partial charge in [0, 0.05) is 10.0 Å². The second-order valence-corrected chi connectivity index (χ2v) is 5.83. The van der Waals surface area contributed by atoms with E-state index in [1.165, 1.54) is 35.1 Å². The monoisotopic (exact) mass is 387 g/mol. The van der Waals surface area contributed by atoms with E-state index >= 15 is 0 Å². The molecule has 3 aromatic rings. The zero-order chi connectivity index (χ0) is 17.1. The summed E-state index contributed by atoms with van der Waals surface area (Å²) in [4.78, 5) is 23.6. The van der Waals surface area contributed by atoms with E-state index < -0.39 is 11.7 Å². The van der Waals surface area contributed by atoms with Crippen LogP contribution in [0.2, 0.25) is 0 Å². The average Bonchev–Trinajstić information content (AvgIpc) is 2.98. The van der Waals surface area contributed by atoms with Crippen molar-refractivity contribution in [3.05, 3.63) is 76.3 Å². The molecule has 120 valence electrons. The van der Waals surface area contributed by atoms with Crippen LogP contribution in [0.3, 0.4) is 0 Å². The minimum atomic E-state index is -0.451. The fourth-order valence-electron chi connectivity index (χ4n) is 2.15. The van der Waals surface area contributed by atoms with Gasteiger partial charge in [-0.25, -0.2) is 9.07 Å². The van der Waals surface area contributed by atoms with Gasteiger partial charge < -0.3 is 5.32 Å². The number of carbonyl (C=O) groups is 2. The maximum Gasteiger partial charge on any atom is 0.255 e. The van der Waals surface area contributed by atoms with Gasteiger partial charge in [-0.1, -0.05) is 15.9 Å². The Balaban J connectivity index is 1.89. The summed E-state index contributed by atoms with van der Waals surface area (Å²) in [5.41, 5.74) is 1.46. The second kappa shape index (κ2) is 6.76. The average molecular weight is 388 g/mol. The molecular weight excluding hydrogens is 377 g/mol. The molecule has 5 nitrogen and oxygen atoms in total. The van der Waals surface area contributed by atoms with Gasteiger partial charge in [-0.05, 0) is 48.5 Å². The number of benzene rings is 2. The molecule has 3 rings (SSSR count). The molecule has 24 heavy (non-hydrogen) atoms. The molecule has 0 aliphatic carbocycles. The lowest BCUT2D eigenvalue weighted by atomic mass is 10.2. The van der Waals surface area contributed by atoms with E-state index in [0.717, 1.165) is 4.47 Å². The van der Waals surface area contributed by atoms with E-state index in [4.69, 9.17) is 0 Å². The van der Waals surface area contributed by atoms with Crippen LogP contribution >= 0.6 is 15.9 Å². The van der Waals surface area contributed by atoms with Gasteiger partial charge in [-0.2, -0.15) is 5.10 Å². The lowest BCUT2D eigenvalue weighted by Gasteiger charge is -2.06. The van der Waals surface area contributed by atoms with Crippen molar-refractivity contribution in [1.29, 1.82) is 0 Å². The fraction of sp³-hybridized carbons (Fsp3) is 0. The molecule has 0 spiro atoms. The quantitative estimate of drug-likeness (QED) is 0.691. The summed E-state index contributed by atoms with van der Waals surface area (Å²) in [5, 5.41) is 6.76. The van der Waals surface area contributed by atoms with Crippen molar-refractivity contribution in [2.24, 2.45) is 0 Å². The lowest BCUT2D eigenvalue weighted by molar-refractivity contribution is 0.102. The third-order valence-corrected chi connectivity index (χ3v) is 3.87. The summed E-state index contributed by atoms with van der Waals surface area (Å²) in [6, 6.07) is 12.3. The Morgan fingerprint density at radius 3 is 2.42 bits per heavy atom. The summed E-state index contributed by atoms with van der Waals surface area (Å²) in [7, 11) is 0. The van der Waals surface area contributed by atoms with Crippen LogP contribution in [0.5, 0.6) is 0 Å². The summed E-state index contributed by atoms with van der Waals surface area (Å²) < 4.78 is 15.2. The highest BCUT2D eigenvalue weighted by Gasteiger charge is 2.15. The number of anilines is 1. The number of nitrogens with one attached hydrogen (secondary N) is 1. The Kier molecular flexibility index (Phi) is 4.52. The Hall–Kier alpha value is -2.80. The molecule has 0 aliphatic heterocycles. The topological polar surface area (TPSA) is 64.0 Å². The summed E-state index contributed by atoms with van der Waals surface area (Å²) in [5.74, 6) is -0.878. The van der Waals surface area contributed by atoms with Crippen molar-refractivity contribution in [2.75, 3.05) is 5.32 Å². The second-order valence-electron chi connectivity index (χ2n) is 4.91.